The summed E-state index contributed by atoms with van der Waals surface area (Å²) in [6, 6.07) is 18.3. The van der Waals surface area contributed by atoms with Crippen LogP contribution in [0.2, 0.25) is 0 Å². The number of methoxy groups -OCH3 is 1. The Balaban J connectivity index is 1.94. The van der Waals surface area contributed by atoms with Crippen molar-refractivity contribution < 1.29 is 13.2 Å². The lowest BCUT2D eigenvalue weighted by molar-refractivity contribution is 0.415. The van der Waals surface area contributed by atoms with Crippen LogP contribution in [0.3, 0.4) is 0 Å². The fraction of sp³-hybridized carbons (Fsp3) is 0.238. The van der Waals surface area contributed by atoms with Crippen molar-refractivity contribution in [1.82, 2.24) is 4.72 Å². The molecule has 26 heavy (non-hydrogen) atoms. The van der Waals surface area contributed by atoms with E-state index < -0.39 is 10.0 Å². The van der Waals surface area contributed by atoms with Gasteiger partial charge in [0.2, 0.25) is 10.0 Å². The van der Waals surface area contributed by atoms with E-state index in [0.29, 0.717) is 6.42 Å². The van der Waals surface area contributed by atoms with Crippen LogP contribution in [-0.4, -0.2) is 15.5 Å². The highest BCUT2D eigenvalue weighted by atomic mass is 32.2. The molecule has 0 fully saturated rings. The number of aryl methyl sites for hydroxylation is 1. The Morgan fingerprint density at radius 2 is 1.69 bits per heavy atom. The minimum Gasteiger partial charge on any atom is -0.497 e. The molecule has 0 aliphatic heterocycles. The predicted molar refractivity (Wildman–Crippen MR) is 105 cm³/mol. The van der Waals surface area contributed by atoms with E-state index in [1.54, 1.807) is 25.3 Å². The molecular weight excluding hydrogens is 346 g/mol. The van der Waals surface area contributed by atoms with Gasteiger partial charge in [0.15, 0.2) is 0 Å². The number of ether oxygens (including phenoxy) is 1. The van der Waals surface area contributed by atoms with E-state index in [9.17, 15) is 8.42 Å². The Kier molecular flexibility index (Phi) is 5.30. The van der Waals surface area contributed by atoms with Crippen LogP contribution in [0.15, 0.2) is 65.6 Å². The lowest BCUT2D eigenvalue weighted by Crippen LogP contribution is -2.28. The van der Waals surface area contributed by atoms with E-state index in [4.69, 9.17) is 4.74 Å². The molecule has 0 saturated carbocycles. The van der Waals surface area contributed by atoms with Crippen LogP contribution in [0.25, 0.3) is 10.8 Å². The van der Waals surface area contributed by atoms with Gasteiger partial charge in [-0.15, -0.1) is 0 Å². The van der Waals surface area contributed by atoms with Crippen molar-refractivity contribution in [2.45, 2.75) is 31.2 Å². The lowest BCUT2D eigenvalue weighted by Gasteiger charge is -2.19. The molecule has 136 valence electrons. The summed E-state index contributed by atoms with van der Waals surface area (Å²) >= 11 is 0. The molecule has 0 heterocycles. The highest BCUT2D eigenvalue weighted by Crippen LogP contribution is 2.26. The van der Waals surface area contributed by atoms with Crippen LogP contribution in [0.1, 0.15) is 30.5 Å². The quantitative estimate of drug-likeness (QED) is 0.691. The van der Waals surface area contributed by atoms with Gasteiger partial charge in [-0.2, -0.15) is 0 Å². The van der Waals surface area contributed by atoms with Gasteiger partial charge in [0.05, 0.1) is 12.0 Å². The average Bonchev–Trinajstić information content (AvgIpc) is 2.65. The number of sulfonamides is 1. The van der Waals surface area contributed by atoms with Crippen LogP contribution in [0.4, 0.5) is 0 Å². The maximum Gasteiger partial charge on any atom is 0.241 e. The number of hydrogen-bond acceptors (Lipinski definition) is 3. The van der Waals surface area contributed by atoms with Crippen LogP contribution in [-0.2, 0) is 10.0 Å². The maximum atomic E-state index is 12.9. The van der Waals surface area contributed by atoms with Crippen molar-refractivity contribution in [1.29, 1.82) is 0 Å². The van der Waals surface area contributed by atoms with Crippen LogP contribution >= 0.6 is 0 Å². The summed E-state index contributed by atoms with van der Waals surface area (Å²) in [5.41, 5.74) is 2.08. The highest BCUT2D eigenvalue weighted by molar-refractivity contribution is 7.89. The number of nitrogens with one attached hydrogen (secondary N) is 1. The predicted octanol–water partition coefficient (Wildman–Crippen LogP) is 4.59. The molecule has 3 rings (SSSR count). The number of fused-ring (bicyclic) bond motifs is 1. The van der Waals surface area contributed by atoms with E-state index >= 15 is 0 Å². The molecule has 0 radical (unpaired) electrons. The zero-order valence-corrected chi connectivity index (χ0v) is 16.0. The molecule has 0 aromatic heterocycles. The Bertz CT molecular complexity index is 1030. The van der Waals surface area contributed by atoms with E-state index in [-0.39, 0.29) is 10.9 Å². The first kappa shape index (κ1) is 18.4. The summed E-state index contributed by atoms with van der Waals surface area (Å²) in [6.07, 6.45) is 0.675. The number of rotatable bonds is 6. The molecule has 0 bridgehead atoms. The molecule has 5 heteroatoms. The SMILES string of the molecule is CC[C@@H](NS(=O)(=O)c1ccc2cc(OC)ccc2c1)c1ccccc1C. The molecule has 0 amide bonds. The zero-order valence-electron chi connectivity index (χ0n) is 15.2. The average molecular weight is 369 g/mol. The van der Waals surface area contributed by atoms with Gasteiger partial charge in [-0.1, -0.05) is 43.3 Å². The standard InChI is InChI=1S/C21H23NO3S/c1-4-21(20-8-6-5-7-15(20)2)22-26(23,24)19-12-10-16-13-18(25-3)11-9-17(16)14-19/h5-14,21-22H,4H2,1-3H3/t21-/m1/s1. The normalized spacial score (nSPS) is 12.9. The Labute approximate surface area is 154 Å². The van der Waals surface area contributed by atoms with Gasteiger partial charge in [-0.05, 0) is 59.5 Å². The van der Waals surface area contributed by atoms with E-state index in [0.717, 1.165) is 27.6 Å². The number of hydrogen-bond donors (Lipinski definition) is 1. The fourth-order valence-corrected chi connectivity index (χ4v) is 4.43. The molecule has 3 aromatic rings. The summed E-state index contributed by atoms with van der Waals surface area (Å²) in [6.45, 7) is 3.97. The van der Waals surface area contributed by atoms with Gasteiger partial charge in [0.1, 0.15) is 5.75 Å². The first-order valence-electron chi connectivity index (χ1n) is 8.60. The van der Waals surface area contributed by atoms with Crippen LogP contribution in [0, 0.1) is 6.92 Å². The summed E-state index contributed by atoms with van der Waals surface area (Å²) in [7, 11) is -2.01. The molecule has 1 N–H and O–H groups in total. The molecular formula is C21H23NO3S. The summed E-state index contributed by atoms with van der Waals surface area (Å²) < 4.78 is 33.9. The lowest BCUT2D eigenvalue weighted by atomic mass is 10.0. The second-order valence-electron chi connectivity index (χ2n) is 6.31. The second-order valence-corrected chi connectivity index (χ2v) is 8.03. The number of benzene rings is 3. The van der Waals surface area contributed by atoms with Gasteiger partial charge in [-0.3, -0.25) is 0 Å². The highest BCUT2D eigenvalue weighted by Gasteiger charge is 2.21. The third-order valence-corrected chi connectivity index (χ3v) is 6.07. The summed E-state index contributed by atoms with van der Waals surface area (Å²) in [5.74, 6) is 0.747. The van der Waals surface area contributed by atoms with Crippen molar-refractivity contribution in [2.24, 2.45) is 0 Å². The van der Waals surface area contributed by atoms with Crippen molar-refractivity contribution in [2.75, 3.05) is 7.11 Å². The van der Waals surface area contributed by atoms with Gasteiger partial charge >= 0.3 is 0 Å². The molecule has 3 aromatic carbocycles. The molecule has 0 spiro atoms. The molecule has 0 unspecified atom stereocenters. The topological polar surface area (TPSA) is 55.4 Å². The third kappa shape index (κ3) is 3.74. The fourth-order valence-electron chi connectivity index (χ4n) is 3.10. The minimum atomic E-state index is -3.62. The molecule has 0 saturated heterocycles. The Morgan fingerprint density at radius 3 is 2.38 bits per heavy atom. The van der Waals surface area contributed by atoms with Gasteiger partial charge in [0.25, 0.3) is 0 Å². The maximum absolute atomic E-state index is 12.9. The van der Waals surface area contributed by atoms with Gasteiger partial charge < -0.3 is 4.74 Å². The van der Waals surface area contributed by atoms with Crippen molar-refractivity contribution in [3.63, 3.8) is 0 Å². The summed E-state index contributed by atoms with van der Waals surface area (Å²) in [5, 5.41) is 1.80. The van der Waals surface area contributed by atoms with Crippen molar-refractivity contribution in [3.05, 3.63) is 71.8 Å². The minimum absolute atomic E-state index is 0.257. The van der Waals surface area contributed by atoms with E-state index in [2.05, 4.69) is 4.72 Å². The van der Waals surface area contributed by atoms with Gasteiger partial charge in [-0.25, -0.2) is 13.1 Å². The van der Waals surface area contributed by atoms with Crippen molar-refractivity contribution >= 4 is 20.8 Å². The Morgan fingerprint density at radius 1 is 1.00 bits per heavy atom. The van der Waals surface area contributed by atoms with E-state index in [1.807, 2.05) is 56.3 Å². The zero-order chi connectivity index (χ0) is 18.7. The summed E-state index contributed by atoms with van der Waals surface area (Å²) in [4.78, 5) is 0.266. The molecule has 1 atom stereocenters. The van der Waals surface area contributed by atoms with Crippen LogP contribution in [0.5, 0.6) is 5.75 Å². The molecule has 0 aliphatic rings. The second kappa shape index (κ2) is 7.48. The molecule has 0 aliphatic carbocycles. The van der Waals surface area contributed by atoms with Crippen molar-refractivity contribution in [3.8, 4) is 5.75 Å². The first-order valence-corrected chi connectivity index (χ1v) is 10.1. The smallest absolute Gasteiger partial charge is 0.241 e. The van der Waals surface area contributed by atoms with Gasteiger partial charge in [0, 0.05) is 6.04 Å². The first-order chi connectivity index (χ1) is 12.4. The largest absolute Gasteiger partial charge is 0.497 e. The third-order valence-electron chi connectivity index (χ3n) is 4.60. The monoisotopic (exact) mass is 369 g/mol. The van der Waals surface area contributed by atoms with Crippen LogP contribution < -0.4 is 9.46 Å². The Hall–Kier alpha value is -2.37. The van der Waals surface area contributed by atoms with E-state index in [1.165, 1.54) is 0 Å². The molecule has 4 nitrogen and oxygen atoms in total.